The molecule has 0 aliphatic carbocycles. The number of rotatable bonds is 3. The Hall–Kier alpha value is -1.84. The molecule has 1 rings (SSSR count). The van der Waals surface area contributed by atoms with Gasteiger partial charge in [-0.1, -0.05) is 26.8 Å². The summed E-state index contributed by atoms with van der Waals surface area (Å²) in [5.41, 5.74) is 1.99. The summed E-state index contributed by atoms with van der Waals surface area (Å²) in [6.07, 6.45) is 0.441. The summed E-state index contributed by atoms with van der Waals surface area (Å²) in [6, 6.07) is 5.32. The van der Waals surface area contributed by atoms with Crippen LogP contribution in [0.3, 0.4) is 0 Å². The van der Waals surface area contributed by atoms with Gasteiger partial charge >= 0.3 is 0 Å². The van der Waals surface area contributed by atoms with Crippen molar-refractivity contribution in [2.24, 2.45) is 5.41 Å². The number of benzene rings is 1. The van der Waals surface area contributed by atoms with E-state index in [0.717, 1.165) is 5.56 Å². The van der Waals surface area contributed by atoms with Crippen molar-refractivity contribution in [1.29, 1.82) is 0 Å². The predicted molar refractivity (Wildman–Crippen MR) is 77.3 cm³/mol. The normalized spacial score (nSPS) is 11.0. The van der Waals surface area contributed by atoms with Crippen LogP contribution in [0.4, 0.5) is 5.69 Å². The van der Waals surface area contributed by atoms with Crippen molar-refractivity contribution in [2.75, 3.05) is 12.4 Å². The first-order valence-corrected chi connectivity index (χ1v) is 6.36. The Morgan fingerprint density at radius 1 is 1.21 bits per heavy atom. The quantitative estimate of drug-likeness (QED) is 0.880. The maximum absolute atomic E-state index is 11.9. The molecule has 19 heavy (non-hydrogen) atoms. The van der Waals surface area contributed by atoms with Crippen LogP contribution in [-0.4, -0.2) is 18.9 Å². The molecule has 2 amide bonds. The molecule has 0 aliphatic rings. The van der Waals surface area contributed by atoms with Crippen LogP contribution in [0.15, 0.2) is 18.2 Å². The fourth-order valence-corrected chi connectivity index (χ4v) is 1.83. The lowest BCUT2D eigenvalue weighted by molar-refractivity contribution is -0.117. The molecule has 0 radical (unpaired) electrons. The predicted octanol–water partition coefficient (Wildman–Crippen LogP) is 2.73. The molecular weight excluding hydrogens is 240 g/mol. The van der Waals surface area contributed by atoms with Gasteiger partial charge in [-0.25, -0.2) is 0 Å². The number of nitrogens with one attached hydrogen (secondary N) is 2. The molecule has 0 fully saturated rings. The molecule has 0 unspecified atom stereocenters. The molecule has 0 spiro atoms. The van der Waals surface area contributed by atoms with Gasteiger partial charge in [-0.15, -0.1) is 0 Å². The van der Waals surface area contributed by atoms with Crippen molar-refractivity contribution >= 4 is 17.5 Å². The molecule has 1 aromatic rings. The van der Waals surface area contributed by atoms with Gasteiger partial charge in [0.2, 0.25) is 5.91 Å². The van der Waals surface area contributed by atoms with Crippen molar-refractivity contribution in [3.63, 3.8) is 0 Å². The lowest BCUT2D eigenvalue weighted by Crippen LogP contribution is -2.22. The van der Waals surface area contributed by atoms with Crippen molar-refractivity contribution in [1.82, 2.24) is 5.32 Å². The highest BCUT2D eigenvalue weighted by molar-refractivity contribution is 5.99. The van der Waals surface area contributed by atoms with Gasteiger partial charge in [0.15, 0.2) is 0 Å². The third-order valence-corrected chi connectivity index (χ3v) is 2.77. The lowest BCUT2D eigenvalue weighted by atomic mass is 9.92. The molecule has 0 atom stereocenters. The van der Waals surface area contributed by atoms with Crippen molar-refractivity contribution < 1.29 is 9.59 Å². The zero-order chi connectivity index (χ0) is 14.6. The average Bonchev–Trinajstić information content (AvgIpc) is 2.28. The van der Waals surface area contributed by atoms with E-state index >= 15 is 0 Å². The zero-order valence-electron chi connectivity index (χ0n) is 12.3. The summed E-state index contributed by atoms with van der Waals surface area (Å²) >= 11 is 0. The summed E-state index contributed by atoms with van der Waals surface area (Å²) in [5, 5.41) is 5.46. The molecule has 0 aliphatic heterocycles. The summed E-state index contributed by atoms with van der Waals surface area (Å²) in [4.78, 5) is 23.6. The fraction of sp³-hybridized carbons (Fsp3) is 0.467. The van der Waals surface area contributed by atoms with Crippen LogP contribution in [0.2, 0.25) is 0 Å². The minimum absolute atomic E-state index is 0.0374. The Kier molecular flexibility index (Phi) is 4.70. The smallest absolute Gasteiger partial charge is 0.251 e. The van der Waals surface area contributed by atoms with Crippen molar-refractivity contribution in [3.05, 3.63) is 29.3 Å². The van der Waals surface area contributed by atoms with Gasteiger partial charge in [-0.2, -0.15) is 0 Å². The summed E-state index contributed by atoms with van der Waals surface area (Å²) in [5.74, 6) is -0.186. The first kappa shape index (κ1) is 15.2. The van der Waals surface area contributed by atoms with E-state index in [1.807, 2.05) is 33.8 Å². The van der Waals surface area contributed by atoms with Crippen LogP contribution in [0.5, 0.6) is 0 Å². The second-order valence-corrected chi connectivity index (χ2v) is 5.84. The monoisotopic (exact) mass is 262 g/mol. The maximum atomic E-state index is 11.9. The number of hydrogen-bond acceptors (Lipinski definition) is 2. The lowest BCUT2D eigenvalue weighted by Gasteiger charge is -2.18. The SMILES string of the molecule is CNC(=O)c1cccc(NC(=O)CC(C)(C)C)c1C. The molecule has 0 heterocycles. The Labute approximate surface area is 114 Å². The van der Waals surface area contributed by atoms with Gasteiger partial charge in [0, 0.05) is 24.7 Å². The van der Waals surface area contributed by atoms with Crippen LogP contribution in [0, 0.1) is 12.3 Å². The highest BCUT2D eigenvalue weighted by Crippen LogP contribution is 2.22. The topological polar surface area (TPSA) is 58.2 Å². The van der Waals surface area contributed by atoms with Crippen molar-refractivity contribution in [2.45, 2.75) is 34.1 Å². The first-order valence-electron chi connectivity index (χ1n) is 6.36. The van der Waals surface area contributed by atoms with Gasteiger partial charge in [-0.05, 0) is 30.0 Å². The van der Waals surface area contributed by atoms with E-state index in [9.17, 15) is 9.59 Å². The van der Waals surface area contributed by atoms with E-state index in [-0.39, 0.29) is 17.2 Å². The minimum atomic E-state index is -0.149. The molecule has 1 aromatic carbocycles. The number of anilines is 1. The van der Waals surface area contributed by atoms with E-state index in [0.29, 0.717) is 17.7 Å². The van der Waals surface area contributed by atoms with Crippen LogP contribution in [0.1, 0.15) is 43.1 Å². The summed E-state index contributed by atoms with van der Waals surface area (Å²) in [7, 11) is 1.59. The third-order valence-electron chi connectivity index (χ3n) is 2.77. The molecule has 0 saturated carbocycles. The third kappa shape index (κ3) is 4.39. The summed E-state index contributed by atoms with van der Waals surface area (Å²) in [6.45, 7) is 7.87. The van der Waals surface area contributed by atoms with E-state index in [4.69, 9.17) is 0 Å². The highest BCUT2D eigenvalue weighted by Gasteiger charge is 2.17. The second-order valence-electron chi connectivity index (χ2n) is 5.84. The molecule has 0 saturated heterocycles. The van der Waals surface area contributed by atoms with Crippen LogP contribution >= 0.6 is 0 Å². The molecular formula is C15H22N2O2. The number of carbonyl (C=O) groups excluding carboxylic acids is 2. The molecule has 4 nitrogen and oxygen atoms in total. The van der Waals surface area contributed by atoms with Gasteiger partial charge in [0.25, 0.3) is 5.91 Å². The standard InChI is InChI=1S/C15H22N2O2/c1-10-11(14(19)16-5)7-6-8-12(10)17-13(18)9-15(2,3)4/h6-8H,9H2,1-5H3,(H,16,19)(H,17,18). The molecule has 4 heteroatoms. The van der Waals surface area contributed by atoms with Crippen LogP contribution < -0.4 is 10.6 Å². The average molecular weight is 262 g/mol. The second kappa shape index (κ2) is 5.87. The highest BCUT2D eigenvalue weighted by atomic mass is 16.2. The molecule has 0 bridgehead atoms. The Morgan fingerprint density at radius 3 is 2.37 bits per heavy atom. The molecule has 2 N–H and O–H groups in total. The largest absolute Gasteiger partial charge is 0.355 e. The first-order chi connectivity index (χ1) is 8.74. The van der Waals surface area contributed by atoms with E-state index in [2.05, 4.69) is 10.6 Å². The van der Waals surface area contributed by atoms with Gasteiger partial charge in [0.1, 0.15) is 0 Å². The van der Waals surface area contributed by atoms with Gasteiger partial charge < -0.3 is 10.6 Å². The zero-order valence-corrected chi connectivity index (χ0v) is 12.3. The number of hydrogen-bond donors (Lipinski definition) is 2. The van der Waals surface area contributed by atoms with E-state index in [1.165, 1.54) is 0 Å². The molecule has 0 aromatic heterocycles. The van der Waals surface area contributed by atoms with Gasteiger partial charge in [0.05, 0.1) is 0 Å². The number of carbonyl (C=O) groups is 2. The van der Waals surface area contributed by atoms with E-state index in [1.54, 1.807) is 19.2 Å². The Morgan fingerprint density at radius 2 is 1.84 bits per heavy atom. The maximum Gasteiger partial charge on any atom is 0.251 e. The molecule has 104 valence electrons. The van der Waals surface area contributed by atoms with Crippen LogP contribution in [0.25, 0.3) is 0 Å². The van der Waals surface area contributed by atoms with Gasteiger partial charge in [-0.3, -0.25) is 9.59 Å². The van der Waals surface area contributed by atoms with Crippen LogP contribution in [-0.2, 0) is 4.79 Å². The number of amides is 2. The Balaban J connectivity index is 2.91. The van der Waals surface area contributed by atoms with E-state index < -0.39 is 0 Å². The summed E-state index contributed by atoms with van der Waals surface area (Å²) < 4.78 is 0. The van der Waals surface area contributed by atoms with Crippen molar-refractivity contribution in [3.8, 4) is 0 Å². The minimum Gasteiger partial charge on any atom is -0.355 e. The Bertz CT molecular complexity index is 487. The fourth-order valence-electron chi connectivity index (χ4n) is 1.83.